The van der Waals surface area contributed by atoms with E-state index in [1.54, 1.807) is 16.9 Å². The largest absolute Gasteiger partial charge is 0.344 e. The fraction of sp³-hybridized carbons (Fsp3) is 0.261. The number of rotatable bonds is 4. The Morgan fingerprint density at radius 2 is 2.10 bits per heavy atom. The van der Waals surface area contributed by atoms with E-state index in [2.05, 4.69) is 37.7 Å². The van der Waals surface area contributed by atoms with E-state index in [0.717, 1.165) is 52.7 Å². The lowest BCUT2D eigenvalue weighted by Gasteiger charge is -2.25. The third-order valence-corrected chi connectivity index (χ3v) is 5.78. The van der Waals surface area contributed by atoms with Gasteiger partial charge >= 0.3 is 0 Å². The van der Waals surface area contributed by atoms with Crippen molar-refractivity contribution in [2.45, 2.75) is 38.8 Å². The Morgan fingerprint density at radius 3 is 3.00 bits per heavy atom. The predicted octanol–water partition coefficient (Wildman–Crippen LogP) is 4.04. The summed E-state index contributed by atoms with van der Waals surface area (Å²) in [6.07, 6.45) is 4.37. The maximum absolute atomic E-state index is 12.8. The zero-order valence-corrected chi connectivity index (χ0v) is 17.8. The molecular formula is C23H21ClN6O. The molecule has 1 N–H and O–H groups in total. The Hall–Kier alpha value is -3.32. The number of halogens is 1. The van der Waals surface area contributed by atoms with Gasteiger partial charge in [0.25, 0.3) is 5.91 Å². The summed E-state index contributed by atoms with van der Waals surface area (Å²) in [6, 6.07) is 13.8. The van der Waals surface area contributed by atoms with Gasteiger partial charge in [0.2, 0.25) is 0 Å². The number of carbonyl (C=O) groups is 1. The number of hydrogen-bond acceptors (Lipinski definition) is 5. The molecule has 0 radical (unpaired) electrons. The predicted molar refractivity (Wildman–Crippen MR) is 118 cm³/mol. The molecule has 0 spiro atoms. The van der Waals surface area contributed by atoms with Gasteiger partial charge < -0.3 is 5.32 Å². The van der Waals surface area contributed by atoms with Crippen molar-refractivity contribution >= 4 is 28.4 Å². The van der Waals surface area contributed by atoms with Gasteiger partial charge in [0.15, 0.2) is 5.69 Å². The summed E-state index contributed by atoms with van der Waals surface area (Å²) in [6.45, 7) is 2.51. The number of nitrogens with one attached hydrogen (secondary N) is 1. The number of amides is 1. The van der Waals surface area contributed by atoms with Crippen LogP contribution in [0.1, 0.15) is 51.9 Å². The molecule has 0 saturated heterocycles. The maximum atomic E-state index is 12.8. The van der Waals surface area contributed by atoms with Gasteiger partial charge in [-0.2, -0.15) is 0 Å². The van der Waals surface area contributed by atoms with Crippen LogP contribution in [0.2, 0.25) is 5.15 Å². The Labute approximate surface area is 184 Å². The van der Waals surface area contributed by atoms with Gasteiger partial charge in [-0.15, -0.1) is 5.10 Å². The second-order valence-electron chi connectivity index (χ2n) is 7.87. The highest BCUT2D eigenvalue weighted by atomic mass is 35.5. The van der Waals surface area contributed by atoms with Crippen molar-refractivity contribution in [3.8, 4) is 0 Å². The van der Waals surface area contributed by atoms with Crippen LogP contribution in [0.5, 0.6) is 0 Å². The number of benzene rings is 1. The topological polar surface area (TPSA) is 85.6 Å². The Balaban J connectivity index is 1.30. The molecular weight excluding hydrogens is 412 g/mol. The highest BCUT2D eigenvalue weighted by molar-refractivity contribution is 6.29. The SMILES string of the molecule is Cc1ccc2cc(Cn3cc(C(=O)NC4CCCc5nc(Cl)ccc54)nn3)ccc2n1. The maximum Gasteiger partial charge on any atom is 0.273 e. The zero-order chi connectivity index (χ0) is 21.4. The Bertz CT molecular complexity index is 1280. The second kappa shape index (κ2) is 8.07. The van der Waals surface area contributed by atoms with Crippen LogP contribution in [0.4, 0.5) is 0 Å². The Morgan fingerprint density at radius 1 is 1.19 bits per heavy atom. The van der Waals surface area contributed by atoms with Crippen molar-refractivity contribution in [1.29, 1.82) is 0 Å². The molecule has 1 aromatic carbocycles. The van der Waals surface area contributed by atoms with Crippen molar-refractivity contribution in [2.75, 3.05) is 0 Å². The lowest BCUT2D eigenvalue weighted by molar-refractivity contribution is 0.0927. The molecule has 1 unspecified atom stereocenters. The number of aromatic nitrogens is 5. The molecule has 1 aliphatic carbocycles. The number of pyridine rings is 2. The molecule has 1 atom stereocenters. The fourth-order valence-electron chi connectivity index (χ4n) is 4.06. The van der Waals surface area contributed by atoms with Crippen LogP contribution in [0.25, 0.3) is 10.9 Å². The minimum Gasteiger partial charge on any atom is -0.344 e. The first-order chi connectivity index (χ1) is 15.0. The summed E-state index contributed by atoms with van der Waals surface area (Å²) in [4.78, 5) is 21.7. The normalized spacial score (nSPS) is 15.6. The first-order valence-electron chi connectivity index (χ1n) is 10.3. The number of fused-ring (bicyclic) bond motifs is 2. The van der Waals surface area contributed by atoms with Crippen LogP contribution in [0, 0.1) is 6.92 Å². The molecule has 4 aromatic rings. The van der Waals surface area contributed by atoms with Gasteiger partial charge in [-0.3, -0.25) is 9.78 Å². The first kappa shape index (κ1) is 19.6. The molecule has 0 aliphatic heterocycles. The molecule has 0 fully saturated rings. The minimum absolute atomic E-state index is 0.0948. The average Bonchev–Trinajstić information content (AvgIpc) is 3.22. The van der Waals surface area contributed by atoms with Gasteiger partial charge in [0.1, 0.15) is 5.15 Å². The van der Waals surface area contributed by atoms with Crippen molar-refractivity contribution in [3.63, 3.8) is 0 Å². The second-order valence-corrected chi connectivity index (χ2v) is 8.26. The van der Waals surface area contributed by atoms with Crippen LogP contribution in [0.15, 0.2) is 48.7 Å². The summed E-state index contributed by atoms with van der Waals surface area (Å²) >= 11 is 6.01. The van der Waals surface area contributed by atoms with E-state index in [1.165, 1.54) is 0 Å². The molecule has 0 saturated carbocycles. The van der Waals surface area contributed by atoms with E-state index in [9.17, 15) is 4.79 Å². The standard InChI is InChI=1S/C23H21ClN6O/c1-14-5-7-16-11-15(6-9-18(16)25-14)12-30-13-21(28-29-30)23(31)27-20-4-2-3-19-17(20)8-10-22(24)26-19/h5-11,13,20H,2-4,12H2,1H3,(H,27,31). The van der Waals surface area contributed by atoms with E-state index in [-0.39, 0.29) is 11.9 Å². The molecule has 3 aromatic heterocycles. The van der Waals surface area contributed by atoms with E-state index in [4.69, 9.17) is 11.6 Å². The lowest BCUT2D eigenvalue weighted by atomic mass is 9.91. The summed E-state index contributed by atoms with van der Waals surface area (Å²) in [7, 11) is 0. The summed E-state index contributed by atoms with van der Waals surface area (Å²) in [5.74, 6) is -0.239. The fourth-order valence-corrected chi connectivity index (χ4v) is 4.22. The molecule has 31 heavy (non-hydrogen) atoms. The number of carbonyl (C=O) groups excluding carboxylic acids is 1. The van der Waals surface area contributed by atoms with Crippen LogP contribution in [-0.2, 0) is 13.0 Å². The van der Waals surface area contributed by atoms with Crippen LogP contribution in [-0.4, -0.2) is 30.9 Å². The van der Waals surface area contributed by atoms with E-state index < -0.39 is 0 Å². The zero-order valence-electron chi connectivity index (χ0n) is 17.0. The molecule has 1 aliphatic rings. The summed E-state index contributed by atoms with van der Waals surface area (Å²) < 4.78 is 1.67. The molecule has 8 heteroatoms. The smallest absolute Gasteiger partial charge is 0.273 e. The quantitative estimate of drug-likeness (QED) is 0.492. The van der Waals surface area contributed by atoms with Crippen molar-refractivity contribution in [1.82, 2.24) is 30.3 Å². The first-order valence-corrected chi connectivity index (χ1v) is 10.7. The van der Waals surface area contributed by atoms with Crippen LogP contribution >= 0.6 is 11.6 Å². The number of hydrogen-bond donors (Lipinski definition) is 1. The van der Waals surface area contributed by atoms with Crippen LogP contribution < -0.4 is 5.32 Å². The lowest BCUT2D eigenvalue weighted by Crippen LogP contribution is -2.31. The third-order valence-electron chi connectivity index (χ3n) is 5.57. The molecule has 7 nitrogen and oxygen atoms in total. The van der Waals surface area contributed by atoms with E-state index >= 15 is 0 Å². The highest BCUT2D eigenvalue weighted by Crippen LogP contribution is 2.29. The molecule has 0 bridgehead atoms. The minimum atomic E-state index is -0.239. The molecule has 5 rings (SSSR count). The number of aryl methyl sites for hydroxylation is 2. The molecule has 3 heterocycles. The third kappa shape index (κ3) is 4.14. The molecule has 156 valence electrons. The number of nitrogens with zero attached hydrogens (tertiary/aromatic N) is 5. The van der Waals surface area contributed by atoms with Crippen molar-refractivity contribution in [3.05, 3.63) is 82.0 Å². The van der Waals surface area contributed by atoms with Gasteiger partial charge in [-0.1, -0.05) is 35.0 Å². The molecule has 1 amide bonds. The summed E-state index contributed by atoms with van der Waals surface area (Å²) in [5.41, 5.74) is 5.30. The Kier molecular flexibility index (Phi) is 5.11. The van der Waals surface area contributed by atoms with Gasteiger partial charge in [-0.25, -0.2) is 9.67 Å². The van der Waals surface area contributed by atoms with Gasteiger partial charge in [-0.05, 0) is 61.6 Å². The van der Waals surface area contributed by atoms with E-state index in [0.29, 0.717) is 17.4 Å². The van der Waals surface area contributed by atoms with Gasteiger partial charge in [0, 0.05) is 16.8 Å². The van der Waals surface area contributed by atoms with Crippen molar-refractivity contribution in [2.24, 2.45) is 0 Å². The van der Waals surface area contributed by atoms with E-state index in [1.807, 2.05) is 31.2 Å². The average molecular weight is 433 g/mol. The van der Waals surface area contributed by atoms with Crippen LogP contribution in [0.3, 0.4) is 0 Å². The summed E-state index contributed by atoms with van der Waals surface area (Å²) in [5, 5.41) is 12.8. The van der Waals surface area contributed by atoms with Gasteiger partial charge in [0.05, 0.1) is 24.3 Å². The van der Waals surface area contributed by atoms with Crippen molar-refractivity contribution < 1.29 is 4.79 Å². The monoisotopic (exact) mass is 432 g/mol. The highest BCUT2D eigenvalue weighted by Gasteiger charge is 2.24.